The van der Waals surface area contributed by atoms with Crippen molar-refractivity contribution >= 4 is 0 Å². The Balaban J connectivity index is 2.11. The zero-order chi connectivity index (χ0) is 15.5. The van der Waals surface area contributed by atoms with Crippen LogP contribution in [0, 0.1) is 17.3 Å². The normalized spacial score (nSPS) is 33.6. The summed E-state index contributed by atoms with van der Waals surface area (Å²) in [5.41, 5.74) is 3.61. The van der Waals surface area contributed by atoms with Crippen molar-refractivity contribution in [3.05, 3.63) is 0 Å². The standard InChI is InChI=1S/C18H36N2O/c1-5-21-18(12-10-17(3,4)11-13-18)16(20-19)15-8-6-14(2)7-9-15/h14-16,20H,5-13,19H2,1-4H3. The minimum absolute atomic E-state index is 0.0374. The van der Waals surface area contributed by atoms with Gasteiger partial charge in [0.2, 0.25) is 0 Å². The van der Waals surface area contributed by atoms with E-state index in [0.717, 1.165) is 25.4 Å². The van der Waals surface area contributed by atoms with Gasteiger partial charge in [0.1, 0.15) is 0 Å². The molecule has 0 bridgehead atoms. The first kappa shape index (κ1) is 17.2. The van der Waals surface area contributed by atoms with E-state index in [1.165, 1.54) is 38.5 Å². The van der Waals surface area contributed by atoms with E-state index >= 15 is 0 Å². The third-order valence-corrected chi connectivity index (χ3v) is 6.16. The molecule has 0 radical (unpaired) electrons. The number of nitrogens with two attached hydrogens (primary N) is 1. The van der Waals surface area contributed by atoms with E-state index in [2.05, 4.69) is 33.1 Å². The van der Waals surface area contributed by atoms with Gasteiger partial charge in [-0.25, -0.2) is 0 Å². The van der Waals surface area contributed by atoms with E-state index in [-0.39, 0.29) is 5.60 Å². The van der Waals surface area contributed by atoms with Crippen LogP contribution in [0.3, 0.4) is 0 Å². The lowest BCUT2D eigenvalue weighted by atomic mass is 9.64. The second-order valence-electron chi connectivity index (χ2n) is 8.33. The summed E-state index contributed by atoms with van der Waals surface area (Å²) in [6, 6.07) is 0.320. The smallest absolute Gasteiger partial charge is 0.0851 e. The molecule has 21 heavy (non-hydrogen) atoms. The van der Waals surface area contributed by atoms with Crippen LogP contribution in [0.4, 0.5) is 0 Å². The predicted molar refractivity (Wildman–Crippen MR) is 88.8 cm³/mol. The number of hydrazine groups is 1. The zero-order valence-corrected chi connectivity index (χ0v) is 14.6. The second-order valence-corrected chi connectivity index (χ2v) is 8.33. The monoisotopic (exact) mass is 296 g/mol. The molecule has 3 nitrogen and oxygen atoms in total. The highest BCUT2D eigenvalue weighted by Crippen LogP contribution is 2.46. The number of nitrogens with one attached hydrogen (secondary N) is 1. The number of ether oxygens (including phenoxy) is 1. The summed E-state index contributed by atoms with van der Waals surface area (Å²) in [6.07, 6.45) is 10.1. The molecule has 0 aliphatic heterocycles. The molecule has 0 aromatic carbocycles. The van der Waals surface area contributed by atoms with Gasteiger partial charge in [-0.15, -0.1) is 0 Å². The van der Waals surface area contributed by atoms with E-state index in [9.17, 15) is 0 Å². The number of hydrogen-bond donors (Lipinski definition) is 2. The van der Waals surface area contributed by atoms with Crippen LogP contribution in [0.25, 0.3) is 0 Å². The van der Waals surface area contributed by atoms with Crippen molar-refractivity contribution in [3.63, 3.8) is 0 Å². The molecule has 0 aromatic heterocycles. The highest BCUT2D eigenvalue weighted by molar-refractivity contribution is 5.01. The van der Waals surface area contributed by atoms with Crippen molar-refractivity contribution in [2.75, 3.05) is 6.61 Å². The molecule has 3 N–H and O–H groups in total. The molecule has 0 aromatic rings. The lowest BCUT2D eigenvalue weighted by Crippen LogP contribution is -2.60. The summed E-state index contributed by atoms with van der Waals surface area (Å²) in [6.45, 7) is 10.1. The number of hydrogen-bond acceptors (Lipinski definition) is 3. The van der Waals surface area contributed by atoms with Crippen molar-refractivity contribution in [1.29, 1.82) is 0 Å². The van der Waals surface area contributed by atoms with Gasteiger partial charge < -0.3 is 4.74 Å². The van der Waals surface area contributed by atoms with Gasteiger partial charge in [-0.2, -0.15) is 0 Å². The first-order valence-electron chi connectivity index (χ1n) is 9.02. The highest BCUT2D eigenvalue weighted by atomic mass is 16.5. The van der Waals surface area contributed by atoms with Gasteiger partial charge in [-0.3, -0.25) is 11.3 Å². The van der Waals surface area contributed by atoms with Crippen molar-refractivity contribution in [1.82, 2.24) is 5.43 Å². The summed E-state index contributed by atoms with van der Waals surface area (Å²) in [7, 11) is 0. The lowest BCUT2D eigenvalue weighted by Gasteiger charge is -2.50. The highest BCUT2D eigenvalue weighted by Gasteiger charge is 2.47. The van der Waals surface area contributed by atoms with Crippen LogP contribution in [0.15, 0.2) is 0 Å². The molecule has 2 fully saturated rings. The largest absolute Gasteiger partial charge is 0.374 e. The summed E-state index contributed by atoms with van der Waals surface area (Å²) in [5, 5.41) is 0. The van der Waals surface area contributed by atoms with Gasteiger partial charge in [0.15, 0.2) is 0 Å². The van der Waals surface area contributed by atoms with E-state index < -0.39 is 0 Å². The van der Waals surface area contributed by atoms with Crippen LogP contribution in [0.1, 0.15) is 79.1 Å². The van der Waals surface area contributed by atoms with Crippen LogP contribution in [0.2, 0.25) is 0 Å². The molecule has 124 valence electrons. The first-order valence-corrected chi connectivity index (χ1v) is 9.02. The third-order valence-electron chi connectivity index (χ3n) is 6.16. The Hall–Kier alpha value is -0.120. The maximum atomic E-state index is 6.35. The Morgan fingerprint density at radius 2 is 1.67 bits per heavy atom. The summed E-state index contributed by atoms with van der Waals surface area (Å²) in [4.78, 5) is 0. The van der Waals surface area contributed by atoms with E-state index in [1.807, 2.05) is 0 Å². The van der Waals surface area contributed by atoms with Crippen LogP contribution in [0.5, 0.6) is 0 Å². The maximum absolute atomic E-state index is 6.35. The van der Waals surface area contributed by atoms with E-state index in [0.29, 0.717) is 17.4 Å². The fraction of sp³-hybridized carbons (Fsp3) is 1.00. The molecule has 1 unspecified atom stereocenters. The summed E-state index contributed by atoms with van der Waals surface area (Å²) < 4.78 is 6.35. The quantitative estimate of drug-likeness (QED) is 0.595. The predicted octanol–water partition coefficient (Wildman–Crippen LogP) is 4.02. The first-order chi connectivity index (χ1) is 9.92. The Morgan fingerprint density at radius 1 is 1.10 bits per heavy atom. The lowest BCUT2D eigenvalue weighted by molar-refractivity contribution is -0.121. The van der Waals surface area contributed by atoms with Gasteiger partial charge in [0, 0.05) is 6.61 Å². The Morgan fingerprint density at radius 3 is 2.14 bits per heavy atom. The minimum atomic E-state index is -0.0374. The number of rotatable bonds is 5. The molecular formula is C18H36N2O. The van der Waals surface area contributed by atoms with Crippen LogP contribution >= 0.6 is 0 Å². The molecule has 0 spiro atoms. The van der Waals surface area contributed by atoms with Gasteiger partial charge >= 0.3 is 0 Å². The fourth-order valence-electron chi connectivity index (χ4n) is 4.52. The Kier molecular flexibility index (Phi) is 5.72. The molecule has 2 aliphatic rings. The van der Waals surface area contributed by atoms with Crippen molar-refractivity contribution < 1.29 is 4.74 Å². The fourth-order valence-corrected chi connectivity index (χ4v) is 4.52. The third kappa shape index (κ3) is 4.00. The molecule has 2 aliphatic carbocycles. The molecule has 2 saturated carbocycles. The summed E-state index contributed by atoms with van der Waals surface area (Å²) >= 11 is 0. The molecule has 1 atom stereocenters. The Bertz CT molecular complexity index is 311. The van der Waals surface area contributed by atoms with Crippen LogP contribution in [-0.2, 0) is 4.74 Å². The molecule has 0 heterocycles. The Labute approximate surface area is 131 Å². The van der Waals surface area contributed by atoms with E-state index in [4.69, 9.17) is 10.6 Å². The second kappa shape index (κ2) is 6.97. The zero-order valence-electron chi connectivity index (χ0n) is 14.6. The van der Waals surface area contributed by atoms with Crippen molar-refractivity contribution in [3.8, 4) is 0 Å². The van der Waals surface area contributed by atoms with Crippen molar-refractivity contribution in [2.45, 2.75) is 90.7 Å². The van der Waals surface area contributed by atoms with Crippen molar-refractivity contribution in [2.24, 2.45) is 23.1 Å². The van der Waals surface area contributed by atoms with Gasteiger partial charge in [0.25, 0.3) is 0 Å². The molecular weight excluding hydrogens is 260 g/mol. The average Bonchev–Trinajstić information content (AvgIpc) is 2.45. The van der Waals surface area contributed by atoms with Gasteiger partial charge in [0.05, 0.1) is 11.6 Å². The molecule has 3 heteroatoms. The molecule has 2 rings (SSSR count). The van der Waals surface area contributed by atoms with Gasteiger partial charge in [-0.1, -0.05) is 33.6 Å². The van der Waals surface area contributed by atoms with Crippen LogP contribution < -0.4 is 11.3 Å². The maximum Gasteiger partial charge on any atom is 0.0851 e. The average molecular weight is 296 g/mol. The van der Waals surface area contributed by atoms with Crippen LogP contribution in [-0.4, -0.2) is 18.2 Å². The minimum Gasteiger partial charge on any atom is -0.374 e. The summed E-state index contributed by atoms with van der Waals surface area (Å²) in [5.74, 6) is 7.58. The van der Waals surface area contributed by atoms with E-state index in [1.54, 1.807) is 0 Å². The molecule has 0 amide bonds. The molecule has 0 saturated heterocycles. The SMILES string of the molecule is CCOC1(C(NN)C2CCC(C)CC2)CCC(C)(C)CC1. The van der Waals surface area contributed by atoms with Gasteiger partial charge in [-0.05, 0) is 62.7 Å². The topological polar surface area (TPSA) is 47.3 Å².